The topological polar surface area (TPSA) is 60.2 Å². The van der Waals surface area contributed by atoms with Crippen molar-refractivity contribution in [1.29, 1.82) is 0 Å². The van der Waals surface area contributed by atoms with Gasteiger partial charge < -0.3 is 14.4 Å². The average Bonchev–Trinajstić information content (AvgIpc) is 2.84. The van der Waals surface area contributed by atoms with E-state index in [9.17, 15) is 5.11 Å². The summed E-state index contributed by atoms with van der Waals surface area (Å²) < 4.78 is 7.51. The van der Waals surface area contributed by atoms with Gasteiger partial charge in [-0.15, -0.1) is 0 Å². The van der Waals surface area contributed by atoms with E-state index in [1.54, 1.807) is 0 Å². The van der Waals surface area contributed by atoms with Crippen LogP contribution in [-0.4, -0.2) is 38.5 Å². The highest BCUT2D eigenvalue weighted by molar-refractivity contribution is 6.02. The molecule has 0 unspecified atom stereocenters. The second-order valence-corrected chi connectivity index (χ2v) is 6.09. The van der Waals surface area contributed by atoms with Crippen molar-refractivity contribution < 1.29 is 9.84 Å². The second-order valence-electron chi connectivity index (χ2n) is 6.09. The zero-order chi connectivity index (χ0) is 15.2. The van der Waals surface area contributed by atoms with Crippen molar-refractivity contribution >= 4 is 21.9 Å². The smallest absolute Gasteiger partial charge is 0.108 e. The molecule has 114 valence electrons. The van der Waals surface area contributed by atoms with Gasteiger partial charge in [0.25, 0.3) is 0 Å². The first-order chi connectivity index (χ1) is 10.7. The minimum atomic E-state index is -0.721. The number of hydrogen-bond donors (Lipinski definition) is 1. The van der Waals surface area contributed by atoms with Gasteiger partial charge in [0.1, 0.15) is 11.3 Å². The number of aromatic nitrogens is 3. The molecule has 5 heteroatoms. The minimum absolute atomic E-state index is 0.548. The molecule has 0 amide bonds. The number of aliphatic hydroxyl groups is 1. The molecule has 3 aromatic rings. The Labute approximate surface area is 128 Å². The Bertz CT molecular complexity index is 834. The fraction of sp³-hybridized carbons (Fsp3) is 0.412. The molecule has 0 bridgehead atoms. The van der Waals surface area contributed by atoms with Gasteiger partial charge in [-0.25, -0.2) is 4.98 Å². The van der Waals surface area contributed by atoms with Crippen LogP contribution in [0.4, 0.5) is 0 Å². The SMILES string of the molecule is Cc1nc2cnc3ccccc3c2n1CC1(O)CCOCC1. The first-order valence-corrected chi connectivity index (χ1v) is 7.67. The summed E-state index contributed by atoms with van der Waals surface area (Å²) in [5, 5.41) is 11.9. The fourth-order valence-corrected chi connectivity index (χ4v) is 3.28. The molecular weight excluding hydrogens is 278 g/mol. The maximum Gasteiger partial charge on any atom is 0.108 e. The highest BCUT2D eigenvalue weighted by Crippen LogP contribution is 2.29. The van der Waals surface area contributed by atoms with Crippen LogP contribution >= 0.6 is 0 Å². The molecule has 1 aliphatic rings. The fourth-order valence-electron chi connectivity index (χ4n) is 3.28. The van der Waals surface area contributed by atoms with Crippen LogP contribution in [0.15, 0.2) is 30.5 Å². The summed E-state index contributed by atoms with van der Waals surface area (Å²) >= 11 is 0. The van der Waals surface area contributed by atoms with Gasteiger partial charge >= 0.3 is 0 Å². The third-order valence-corrected chi connectivity index (χ3v) is 4.55. The largest absolute Gasteiger partial charge is 0.388 e. The van der Waals surface area contributed by atoms with Crippen LogP contribution in [0.1, 0.15) is 18.7 Å². The van der Waals surface area contributed by atoms with E-state index in [0.717, 1.165) is 27.8 Å². The van der Waals surface area contributed by atoms with E-state index in [0.29, 0.717) is 32.6 Å². The lowest BCUT2D eigenvalue weighted by Crippen LogP contribution is -2.40. The molecule has 5 nitrogen and oxygen atoms in total. The van der Waals surface area contributed by atoms with Gasteiger partial charge in [0, 0.05) is 31.4 Å². The quantitative estimate of drug-likeness (QED) is 0.789. The van der Waals surface area contributed by atoms with Crippen molar-refractivity contribution in [1.82, 2.24) is 14.5 Å². The maximum absolute atomic E-state index is 10.9. The van der Waals surface area contributed by atoms with E-state index in [2.05, 4.69) is 20.6 Å². The predicted octanol–water partition coefficient (Wildman–Crippen LogP) is 2.43. The molecule has 0 radical (unpaired) electrons. The number of pyridine rings is 1. The number of para-hydroxylation sites is 1. The van der Waals surface area contributed by atoms with E-state index in [-0.39, 0.29) is 0 Å². The van der Waals surface area contributed by atoms with Gasteiger partial charge in [0.15, 0.2) is 0 Å². The van der Waals surface area contributed by atoms with Crippen LogP contribution in [0.2, 0.25) is 0 Å². The predicted molar refractivity (Wildman–Crippen MR) is 84.8 cm³/mol. The first kappa shape index (κ1) is 13.7. The standard InChI is InChI=1S/C17H19N3O2/c1-12-19-15-10-18-14-5-3-2-4-13(14)16(15)20(12)11-17(21)6-8-22-9-7-17/h2-5,10,21H,6-9,11H2,1H3. The van der Waals surface area contributed by atoms with Crippen LogP contribution in [-0.2, 0) is 11.3 Å². The molecular formula is C17H19N3O2. The van der Waals surface area contributed by atoms with Gasteiger partial charge in [-0.1, -0.05) is 18.2 Å². The number of benzene rings is 1. The van der Waals surface area contributed by atoms with Gasteiger partial charge in [-0.2, -0.15) is 0 Å². The molecule has 1 aliphatic heterocycles. The first-order valence-electron chi connectivity index (χ1n) is 7.67. The van der Waals surface area contributed by atoms with Crippen molar-refractivity contribution in [3.05, 3.63) is 36.3 Å². The summed E-state index contributed by atoms with van der Waals surface area (Å²) in [5.41, 5.74) is 2.17. The zero-order valence-electron chi connectivity index (χ0n) is 12.6. The molecule has 3 heterocycles. The summed E-state index contributed by atoms with van der Waals surface area (Å²) in [6.45, 7) is 3.76. The Hall–Kier alpha value is -1.98. The molecule has 1 saturated heterocycles. The number of hydrogen-bond acceptors (Lipinski definition) is 4. The minimum Gasteiger partial charge on any atom is -0.388 e. The Morgan fingerprint density at radius 3 is 2.82 bits per heavy atom. The van der Waals surface area contributed by atoms with Crippen LogP contribution in [0.3, 0.4) is 0 Å². The van der Waals surface area contributed by atoms with Crippen molar-refractivity contribution in [2.24, 2.45) is 0 Å². The highest BCUT2D eigenvalue weighted by Gasteiger charge is 2.31. The van der Waals surface area contributed by atoms with Crippen LogP contribution in [0.5, 0.6) is 0 Å². The number of ether oxygens (including phenoxy) is 1. The van der Waals surface area contributed by atoms with Crippen LogP contribution in [0, 0.1) is 6.92 Å². The Kier molecular flexibility index (Phi) is 3.13. The van der Waals surface area contributed by atoms with E-state index in [1.807, 2.05) is 31.3 Å². The molecule has 4 rings (SSSR count). The summed E-state index contributed by atoms with van der Waals surface area (Å²) in [6, 6.07) is 8.07. The summed E-state index contributed by atoms with van der Waals surface area (Å²) in [4.78, 5) is 9.09. The Morgan fingerprint density at radius 1 is 1.23 bits per heavy atom. The molecule has 0 atom stereocenters. The molecule has 22 heavy (non-hydrogen) atoms. The third-order valence-electron chi connectivity index (χ3n) is 4.55. The van der Waals surface area contributed by atoms with Gasteiger partial charge in [0.2, 0.25) is 0 Å². The summed E-state index contributed by atoms with van der Waals surface area (Å²) in [5.74, 6) is 0.910. The van der Waals surface area contributed by atoms with Gasteiger partial charge in [-0.05, 0) is 13.0 Å². The highest BCUT2D eigenvalue weighted by atomic mass is 16.5. The number of imidazole rings is 1. The van der Waals surface area contributed by atoms with Crippen molar-refractivity contribution in [2.45, 2.75) is 31.9 Å². The van der Waals surface area contributed by atoms with Gasteiger partial charge in [-0.3, -0.25) is 4.98 Å². The van der Waals surface area contributed by atoms with E-state index < -0.39 is 5.60 Å². The molecule has 0 spiro atoms. The average molecular weight is 297 g/mol. The lowest BCUT2D eigenvalue weighted by Gasteiger charge is -2.32. The number of rotatable bonds is 2. The Balaban J connectivity index is 1.89. The zero-order valence-corrected chi connectivity index (χ0v) is 12.6. The monoisotopic (exact) mass is 297 g/mol. The van der Waals surface area contributed by atoms with Crippen molar-refractivity contribution in [3.8, 4) is 0 Å². The molecule has 1 fully saturated rings. The lowest BCUT2D eigenvalue weighted by molar-refractivity contribution is -0.0724. The summed E-state index contributed by atoms with van der Waals surface area (Å²) in [6.07, 6.45) is 3.14. The normalized spacial score (nSPS) is 18.1. The van der Waals surface area contributed by atoms with Crippen molar-refractivity contribution in [3.63, 3.8) is 0 Å². The molecule has 0 saturated carbocycles. The Morgan fingerprint density at radius 2 is 2.00 bits per heavy atom. The molecule has 1 aromatic carbocycles. The van der Waals surface area contributed by atoms with Gasteiger partial charge in [0.05, 0.1) is 29.4 Å². The number of nitrogens with zero attached hydrogens (tertiary/aromatic N) is 3. The molecule has 2 aromatic heterocycles. The van der Waals surface area contributed by atoms with E-state index in [4.69, 9.17) is 4.74 Å². The number of fused-ring (bicyclic) bond motifs is 3. The van der Waals surface area contributed by atoms with E-state index >= 15 is 0 Å². The summed E-state index contributed by atoms with van der Waals surface area (Å²) in [7, 11) is 0. The molecule has 1 N–H and O–H groups in total. The van der Waals surface area contributed by atoms with Crippen LogP contribution < -0.4 is 0 Å². The molecule has 0 aliphatic carbocycles. The number of aryl methyl sites for hydroxylation is 1. The third kappa shape index (κ3) is 2.17. The van der Waals surface area contributed by atoms with Crippen LogP contribution in [0.25, 0.3) is 21.9 Å². The second kappa shape index (κ2) is 5.04. The van der Waals surface area contributed by atoms with Crippen molar-refractivity contribution in [2.75, 3.05) is 13.2 Å². The van der Waals surface area contributed by atoms with E-state index in [1.165, 1.54) is 0 Å². The lowest BCUT2D eigenvalue weighted by atomic mass is 9.94. The maximum atomic E-state index is 10.9.